The zero-order valence-corrected chi connectivity index (χ0v) is 13.4. The highest BCUT2D eigenvalue weighted by Gasteiger charge is 2.28. The van der Waals surface area contributed by atoms with Crippen molar-refractivity contribution in [3.63, 3.8) is 0 Å². The lowest BCUT2D eigenvalue weighted by atomic mass is 10.2. The van der Waals surface area contributed by atoms with E-state index in [0.29, 0.717) is 18.7 Å². The molecule has 0 aromatic heterocycles. The second kappa shape index (κ2) is 7.64. The van der Waals surface area contributed by atoms with Gasteiger partial charge in [0.1, 0.15) is 6.61 Å². The van der Waals surface area contributed by atoms with Gasteiger partial charge in [-0.15, -0.1) is 0 Å². The molecule has 1 heterocycles. The molecule has 0 saturated carbocycles. The van der Waals surface area contributed by atoms with Gasteiger partial charge in [0.2, 0.25) is 0 Å². The first-order chi connectivity index (χ1) is 11.7. The van der Waals surface area contributed by atoms with Crippen LogP contribution in [0.5, 0.6) is 0 Å². The van der Waals surface area contributed by atoms with Crippen molar-refractivity contribution in [1.29, 1.82) is 0 Å². The maximum absolute atomic E-state index is 12.1. The summed E-state index contributed by atoms with van der Waals surface area (Å²) in [7, 11) is 0. The molecule has 2 amide bonds. The highest BCUT2D eigenvalue weighted by Crippen LogP contribution is 2.13. The van der Waals surface area contributed by atoms with E-state index in [9.17, 15) is 9.59 Å². The second-order valence-electron chi connectivity index (χ2n) is 5.81. The molecule has 3 rings (SSSR count). The summed E-state index contributed by atoms with van der Waals surface area (Å²) in [4.78, 5) is 25.9. The number of hydrogen-bond acceptors (Lipinski definition) is 3. The molecule has 5 heteroatoms. The van der Waals surface area contributed by atoms with Crippen LogP contribution in [-0.4, -0.2) is 36.0 Å². The van der Waals surface area contributed by atoms with Crippen LogP contribution in [0, 0.1) is 0 Å². The Morgan fingerprint density at radius 2 is 1.71 bits per heavy atom. The first kappa shape index (κ1) is 16.1. The Kier molecular flexibility index (Phi) is 5.11. The minimum absolute atomic E-state index is 0.0398. The SMILES string of the molecule is O=C(NC1CCN(C(=O)OCc2ccccc2)C1)c1ccccc1. The maximum atomic E-state index is 12.1. The summed E-state index contributed by atoms with van der Waals surface area (Å²) in [6.07, 6.45) is 0.397. The van der Waals surface area contributed by atoms with Crippen LogP contribution < -0.4 is 5.32 Å². The molecule has 0 radical (unpaired) electrons. The van der Waals surface area contributed by atoms with Crippen molar-refractivity contribution in [2.75, 3.05) is 13.1 Å². The van der Waals surface area contributed by atoms with Gasteiger partial charge in [-0.05, 0) is 24.1 Å². The fourth-order valence-corrected chi connectivity index (χ4v) is 2.71. The second-order valence-corrected chi connectivity index (χ2v) is 5.81. The highest BCUT2D eigenvalue weighted by molar-refractivity contribution is 5.94. The van der Waals surface area contributed by atoms with Gasteiger partial charge in [-0.3, -0.25) is 4.79 Å². The van der Waals surface area contributed by atoms with Gasteiger partial charge in [0.15, 0.2) is 0 Å². The Balaban J connectivity index is 1.46. The maximum Gasteiger partial charge on any atom is 0.410 e. The fraction of sp³-hybridized carbons (Fsp3) is 0.263. The Morgan fingerprint density at radius 3 is 2.42 bits per heavy atom. The molecule has 24 heavy (non-hydrogen) atoms. The van der Waals surface area contributed by atoms with Crippen molar-refractivity contribution in [2.45, 2.75) is 19.1 Å². The number of carbonyl (C=O) groups is 2. The number of nitrogens with one attached hydrogen (secondary N) is 1. The molecule has 1 aliphatic rings. The van der Waals surface area contributed by atoms with E-state index in [1.54, 1.807) is 17.0 Å². The van der Waals surface area contributed by atoms with Gasteiger partial charge in [0, 0.05) is 24.7 Å². The lowest BCUT2D eigenvalue weighted by Crippen LogP contribution is -2.38. The molecule has 5 nitrogen and oxygen atoms in total. The summed E-state index contributed by atoms with van der Waals surface area (Å²) < 4.78 is 5.32. The van der Waals surface area contributed by atoms with Crippen LogP contribution in [0.3, 0.4) is 0 Å². The minimum Gasteiger partial charge on any atom is -0.445 e. The number of likely N-dealkylation sites (tertiary alicyclic amines) is 1. The van der Waals surface area contributed by atoms with Crippen LogP contribution in [-0.2, 0) is 11.3 Å². The standard InChI is InChI=1S/C19H20N2O3/c22-18(16-9-5-2-6-10-16)20-17-11-12-21(13-17)19(23)24-14-15-7-3-1-4-8-15/h1-10,17H,11-14H2,(H,20,22). The van der Waals surface area contributed by atoms with Gasteiger partial charge in [0.05, 0.1) is 0 Å². The summed E-state index contributed by atoms with van der Waals surface area (Å²) in [6, 6.07) is 18.6. The number of amides is 2. The van der Waals surface area contributed by atoms with Gasteiger partial charge >= 0.3 is 6.09 Å². The molecule has 0 bridgehead atoms. The summed E-state index contributed by atoms with van der Waals surface area (Å²) in [5, 5.41) is 2.97. The minimum atomic E-state index is -0.338. The van der Waals surface area contributed by atoms with Crippen LogP contribution in [0.2, 0.25) is 0 Å². The Hall–Kier alpha value is -2.82. The van der Waals surface area contributed by atoms with Crippen LogP contribution in [0.25, 0.3) is 0 Å². The van der Waals surface area contributed by atoms with E-state index in [1.165, 1.54) is 0 Å². The molecule has 0 aliphatic carbocycles. The van der Waals surface area contributed by atoms with E-state index in [4.69, 9.17) is 4.74 Å². The van der Waals surface area contributed by atoms with Crippen LogP contribution in [0.4, 0.5) is 4.79 Å². The molecule has 1 saturated heterocycles. The summed E-state index contributed by atoms with van der Waals surface area (Å²) in [6.45, 7) is 1.33. The monoisotopic (exact) mass is 324 g/mol. The number of nitrogens with zero attached hydrogens (tertiary/aromatic N) is 1. The van der Waals surface area contributed by atoms with Crippen LogP contribution in [0.1, 0.15) is 22.3 Å². The molecular weight excluding hydrogens is 304 g/mol. The fourth-order valence-electron chi connectivity index (χ4n) is 2.71. The topological polar surface area (TPSA) is 58.6 Å². The van der Waals surface area contributed by atoms with E-state index in [0.717, 1.165) is 12.0 Å². The normalized spacial score (nSPS) is 16.7. The first-order valence-electron chi connectivity index (χ1n) is 8.04. The first-order valence-corrected chi connectivity index (χ1v) is 8.04. The lowest BCUT2D eigenvalue weighted by molar-refractivity contribution is 0.0922. The molecule has 2 aromatic carbocycles. The third-order valence-electron chi connectivity index (χ3n) is 4.02. The van der Waals surface area contributed by atoms with Crippen LogP contribution in [0.15, 0.2) is 60.7 Å². The summed E-state index contributed by atoms with van der Waals surface area (Å²) >= 11 is 0. The van der Waals surface area contributed by atoms with Gasteiger partial charge < -0.3 is 15.0 Å². The van der Waals surface area contributed by atoms with E-state index in [-0.39, 0.29) is 24.6 Å². The molecule has 2 aromatic rings. The molecule has 1 unspecified atom stereocenters. The Labute approximate surface area is 141 Å². The Morgan fingerprint density at radius 1 is 1.04 bits per heavy atom. The average Bonchev–Trinajstić information content (AvgIpc) is 3.10. The molecule has 1 fully saturated rings. The van der Waals surface area contributed by atoms with Crippen molar-refractivity contribution in [3.05, 3.63) is 71.8 Å². The summed E-state index contributed by atoms with van der Waals surface area (Å²) in [5.41, 5.74) is 1.58. The van der Waals surface area contributed by atoms with Crippen molar-refractivity contribution in [2.24, 2.45) is 0 Å². The summed E-state index contributed by atoms with van der Waals surface area (Å²) in [5.74, 6) is -0.111. The molecule has 1 atom stereocenters. The quantitative estimate of drug-likeness (QED) is 0.941. The van der Waals surface area contributed by atoms with E-state index in [2.05, 4.69) is 5.32 Å². The number of ether oxygens (including phenoxy) is 1. The zero-order chi connectivity index (χ0) is 16.8. The molecule has 0 spiro atoms. The van der Waals surface area contributed by atoms with E-state index in [1.807, 2.05) is 48.5 Å². The van der Waals surface area contributed by atoms with Crippen molar-refractivity contribution >= 4 is 12.0 Å². The zero-order valence-electron chi connectivity index (χ0n) is 13.4. The number of benzene rings is 2. The van der Waals surface area contributed by atoms with Crippen molar-refractivity contribution in [1.82, 2.24) is 10.2 Å². The predicted octanol–water partition coefficient (Wildman–Crippen LogP) is 2.83. The van der Waals surface area contributed by atoms with Crippen molar-refractivity contribution in [3.8, 4) is 0 Å². The van der Waals surface area contributed by atoms with Crippen molar-refractivity contribution < 1.29 is 14.3 Å². The number of rotatable bonds is 4. The third-order valence-corrected chi connectivity index (χ3v) is 4.02. The molecule has 1 N–H and O–H groups in total. The smallest absolute Gasteiger partial charge is 0.410 e. The van der Waals surface area contributed by atoms with Gasteiger partial charge in [-0.25, -0.2) is 4.79 Å². The highest BCUT2D eigenvalue weighted by atomic mass is 16.6. The number of carbonyl (C=O) groups excluding carboxylic acids is 2. The molecule has 1 aliphatic heterocycles. The van der Waals surface area contributed by atoms with Gasteiger partial charge in [-0.1, -0.05) is 48.5 Å². The molecular formula is C19H20N2O3. The Bertz CT molecular complexity index is 688. The average molecular weight is 324 g/mol. The van der Waals surface area contributed by atoms with E-state index < -0.39 is 0 Å². The third kappa shape index (κ3) is 4.13. The largest absolute Gasteiger partial charge is 0.445 e. The molecule has 124 valence electrons. The predicted molar refractivity (Wildman–Crippen MR) is 90.5 cm³/mol. The van der Waals surface area contributed by atoms with Gasteiger partial charge in [0.25, 0.3) is 5.91 Å². The van der Waals surface area contributed by atoms with Gasteiger partial charge in [-0.2, -0.15) is 0 Å². The lowest BCUT2D eigenvalue weighted by Gasteiger charge is -2.17. The van der Waals surface area contributed by atoms with E-state index >= 15 is 0 Å². The van der Waals surface area contributed by atoms with Crippen LogP contribution >= 0.6 is 0 Å². The number of hydrogen-bond donors (Lipinski definition) is 1.